The molecule has 0 spiro atoms. The van der Waals surface area contributed by atoms with Gasteiger partial charge in [-0.25, -0.2) is 4.98 Å². The molecule has 1 aromatic heterocycles. The largest absolute Gasteiger partial charge is 0.444 e. The quantitative estimate of drug-likeness (QED) is 0.422. The van der Waals surface area contributed by atoms with Crippen LogP contribution in [-0.4, -0.2) is 49.1 Å². The number of aromatic nitrogens is 1. The van der Waals surface area contributed by atoms with Crippen LogP contribution in [0.25, 0.3) is 0 Å². The van der Waals surface area contributed by atoms with Crippen LogP contribution in [0.15, 0.2) is 9.41 Å². The minimum absolute atomic E-state index is 0.702. The summed E-state index contributed by atoms with van der Waals surface area (Å²) in [4.78, 5) is 11.3. The van der Waals surface area contributed by atoms with Crippen molar-refractivity contribution in [3.8, 4) is 0 Å². The number of nitrogens with one attached hydrogen (secondary N) is 2. The Labute approximate surface area is 158 Å². The molecule has 148 valence electrons. The molecule has 0 unspecified atom stereocenters. The molecule has 0 saturated carbocycles. The van der Waals surface area contributed by atoms with Crippen LogP contribution in [0.3, 0.4) is 0 Å². The minimum atomic E-state index is 0.702. The first kappa shape index (κ1) is 20.7. The molecule has 0 aromatic carbocycles. The highest BCUT2D eigenvalue weighted by Crippen LogP contribution is 2.19. The third-order valence-corrected chi connectivity index (χ3v) is 5.17. The Kier molecular flexibility index (Phi) is 8.42. The van der Waals surface area contributed by atoms with Gasteiger partial charge in [-0.2, -0.15) is 0 Å². The molecular formula is C20H37N5O. The fraction of sp³-hybridized carbons (Fsp3) is 0.800. The van der Waals surface area contributed by atoms with Gasteiger partial charge in [-0.3, -0.25) is 9.89 Å². The van der Waals surface area contributed by atoms with Gasteiger partial charge in [-0.1, -0.05) is 13.8 Å². The first-order valence-electron chi connectivity index (χ1n) is 10.1. The predicted molar refractivity (Wildman–Crippen MR) is 107 cm³/mol. The molecule has 1 fully saturated rings. The van der Waals surface area contributed by atoms with Gasteiger partial charge in [0.2, 0.25) is 5.89 Å². The lowest BCUT2D eigenvalue weighted by Crippen LogP contribution is -2.43. The summed E-state index contributed by atoms with van der Waals surface area (Å²) in [6, 6.07) is 0. The number of nitrogens with zero attached hydrogens (tertiary/aromatic N) is 3. The Morgan fingerprint density at radius 2 is 2.00 bits per heavy atom. The van der Waals surface area contributed by atoms with Crippen LogP contribution in [0.2, 0.25) is 0 Å². The maximum Gasteiger partial charge on any atom is 0.208 e. The Morgan fingerprint density at radius 1 is 1.27 bits per heavy atom. The molecule has 2 rings (SSSR count). The van der Waals surface area contributed by atoms with Crippen LogP contribution in [-0.2, 0) is 6.54 Å². The van der Waals surface area contributed by atoms with Gasteiger partial charge < -0.3 is 15.1 Å². The van der Waals surface area contributed by atoms with Crippen LogP contribution >= 0.6 is 0 Å². The smallest absolute Gasteiger partial charge is 0.208 e. The van der Waals surface area contributed by atoms with Gasteiger partial charge in [-0.15, -0.1) is 0 Å². The normalized spacial score (nSPS) is 17.1. The molecule has 1 saturated heterocycles. The van der Waals surface area contributed by atoms with E-state index in [2.05, 4.69) is 39.4 Å². The molecule has 6 heteroatoms. The number of likely N-dealkylation sites (tertiary alicyclic amines) is 1. The van der Waals surface area contributed by atoms with Crippen LogP contribution in [0, 0.1) is 25.7 Å². The Balaban J connectivity index is 1.63. The van der Waals surface area contributed by atoms with Crippen molar-refractivity contribution in [2.45, 2.75) is 59.9 Å². The fourth-order valence-corrected chi connectivity index (χ4v) is 3.33. The predicted octanol–water partition coefficient (Wildman–Crippen LogP) is 3.10. The molecule has 6 nitrogen and oxygen atoms in total. The number of aryl methyl sites for hydroxylation is 2. The van der Waals surface area contributed by atoms with Crippen molar-refractivity contribution in [2.75, 3.05) is 33.2 Å². The van der Waals surface area contributed by atoms with Crippen molar-refractivity contribution < 1.29 is 4.42 Å². The first-order chi connectivity index (χ1) is 12.5. The zero-order chi connectivity index (χ0) is 18.9. The van der Waals surface area contributed by atoms with E-state index in [1.165, 1.54) is 25.7 Å². The van der Waals surface area contributed by atoms with Crippen molar-refractivity contribution in [1.29, 1.82) is 0 Å². The number of guanidine groups is 1. The summed E-state index contributed by atoms with van der Waals surface area (Å²) < 4.78 is 5.71. The molecule has 0 bridgehead atoms. The van der Waals surface area contributed by atoms with Gasteiger partial charge in [-0.05, 0) is 64.5 Å². The van der Waals surface area contributed by atoms with Crippen molar-refractivity contribution in [2.24, 2.45) is 16.8 Å². The average molecular weight is 364 g/mol. The molecule has 1 aliphatic heterocycles. The monoisotopic (exact) mass is 363 g/mol. The highest BCUT2D eigenvalue weighted by atomic mass is 16.4. The number of oxazole rings is 1. The number of rotatable bonds is 8. The molecule has 0 radical (unpaired) electrons. The average Bonchev–Trinajstić information content (AvgIpc) is 2.93. The van der Waals surface area contributed by atoms with Crippen molar-refractivity contribution >= 4 is 5.96 Å². The molecule has 26 heavy (non-hydrogen) atoms. The van der Waals surface area contributed by atoms with Crippen LogP contribution in [0.5, 0.6) is 0 Å². The summed E-state index contributed by atoms with van der Waals surface area (Å²) in [7, 11) is 1.85. The summed E-state index contributed by atoms with van der Waals surface area (Å²) in [6.07, 6.45) is 4.86. The highest BCUT2D eigenvalue weighted by Gasteiger charge is 2.21. The van der Waals surface area contributed by atoms with Gasteiger partial charge in [0.25, 0.3) is 0 Å². The van der Waals surface area contributed by atoms with Crippen LogP contribution < -0.4 is 10.6 Å². The van der Waals surface area contributed by atoms with E-state index in [0.29, 0.717) is 5.92 Å². The second-order valence-corrected chi connectivity index (χ2v) is 7.88. The van der Waals surface area contributed by atoms with E-state index in [9.17, 15) is 0 Å². The van der Waals surface area contributed by atoms with E-state index < -0.39 is 0 Å². The summed E-state index contributed by atoms with van der Waals surface area (Å²) in [5.74, 6) is 4.19. The van der Waals surface area contributed by atoms with Gasteiger partial charge >= 0.3 is 0 Å². The van der Waals surface area contributed by atoms with E-state index in [0.717, 1.165) is 61.9 Å². The van der Waals surface area contributed by atoms with Gasteiger partial charge in [0.1, 0.15) is 5.76 Å². The first-order valence-corrected chi connectivity index (χ1v) is 10.1. The SMILES string of the molecule is CN=C(NCCCC(C)C)NCC1CCN(Cc2nc(C)c(C)o2)CC1. The molecule has 1 aromatic rings. The van der Waals surface area contributed by atoms with Crippen molar-refractivity contribution in [1.82, 2.24) is 20.5 Å². The van der Waals surface area contributed by atoms with E-state index in [-0.39, 0.29) is 0 Å². The Hall–Kier alpha value is -1.56. The Bertz CT molecular complexity index is 539. The second kappa shape index (κ2) is 10.6. The van der Waals surface area contributed by atoms with Gasteiger partial charge in [0.15, 0.2) is 5.96 Å². The fourth-order valence-electron chi connectivity index (χ4n) is 3.33. The maximum absolute atomic E-state index is 5.71. The van der Waals surface area contributed by atoms with E-state index >= 15 is 0 Å². The molecule has 2 heterocycles. The lowest BCUT2D eigenvalue weighted by Gasteiger charge is -2.31. The lowest BCUT2D eigenvalue weighted by atomic mass is 9.97. The van der Waals surface area contributed by atoms with Crippen LogP contribution in [0.1, 0.15) is 56.9 Å². The number of piperidine rings is 1. The molecule has 2 N–H and O–H groups in total. The zero-order valence-electron chi connectivity index (χ0n) is 17.3. The number of aliphatic imine (C=N–C) groups is 1. The standard InChI is InChI=1S/C20H37N5O/c1-15(2)7-6-10-22-20(21-5)23-13-18-8-11-25(12-9-18)14-19-24-16(3)17(4)26-19/h15,18H,6-14H2,1-5H3,(H2,21,22,23). The van der Waals surface area contributed by atoms with E-state index in [4.69, 9.17) is 4.42 Å². The third kappa shape index (κ3) is 6.98. The van der Waals surface area contributed by atoms with E-state index in [1.807, 2.05) is 20.9 Å². The molecular weight excluding hydrogens is 326 g/mol. The lowest BCUT2D eigenvalue weighted by molar-refractivity contribution is 0.164. The molecule has 0 atom stereocenters. The summed E-state index contributed by atoms with van der Waals surface area (Å²) in [6.45, 7) is 13.5. The highest BCUT2D eigenvalue weighted by molar-refractivity contribution is 5.79. The molecule has 0 aliphatic carbocycles. The number of hydrogen-bond acceptors (Lipinski definition) is 4. The number of hydrogen-bond donors (Lipinski definition) is 2. The van der Waals surface area contributed by atoms with Gasteiger partial charge in [0, 0.05) is 20.1 Å². The van der Waals surface area contributed by atoms with Crippen molar-refractivity contribution in [3.63, 3.8) is 0 Å². The van der Waals surface area contributed by atoms with Crippen LogP contribution in [0.4, 0.5) is 0 Å². The topological polar surface area (TPSA) is 65.7 Å². The molecule has 0 amide bonds. The zero-order valence-corrected chi connectivity index (χ0v) is 17.3. The summed E-state index contributed by atoms with van der Waals surface area (Å²) in [5, 5.41) is 6.91. The maximum atomic E-state index is 5.71. The van der Waals surface area contributed by atoms with E-state index in [1.54, 1.807) is 0 Å². The second-order valence-electron chi connectivity index (χ2n) is 7.88. The molecule has 1 aliphatic rings. The summed E-state index contributed by atoms with van der Waals surface area (Å²) >= 11 is 0. The van der Waals surface area contributed by atoms with Crippen molar-refractivity contribution in [3.05, 3.63) is 17.3 Å². The van der Waals surface area contributed by atoms with Gasteiger partial charge in [0.05, 0.1) is 12.2 Å². The Morgan fingerprint density at radius 3 is 2.58 bits per heavy atom. The third-order valence-electron chi connectivity index (χ3n) is 5.17. The minimum Gasteiger partial charge on any atom is -0.444 e. The summed E-state index contributed by atoms with van der Waals surface area (Å²) in [5.41, 5.74) is 1.01.